The Hall–Kier alpha value is -3.19. The average molecular weight is 519 g/mol. The molecule has 34 heavy (non-hydrogen) atoms. The van der Waals surface area contributed by atoms with E-state index in [0.717, 1.165) is 0 Å². The molecule has 2 N–H and O–H groups in total. The third kappa shape index (κ3) is 4.44. The fourth-order valence-electron chi connectivity index (χ4n) is 3.84. The Kier molecular flexibility index (Phi) is 6.75. The van der Waals surface area contributed by atoms with E-state index >= 15 is 0 Å². The fourth-order valence-corrected chi connectivity index (χ4v) is 4.56. The van der Waals surface area contributed by atoms with Crippen molar-refractivity contribution in [3.05, 3.63) is 92.4 Å². The van der Waals surface area contributed by atoms with Crippen molar-refractivity contribution in [1.29, 1.82) is 0 Å². The lowest BCUT2D eigenvalue weighted by atomic mass is 9.95. The van der Waals surface area contributed by atoms with E-state index in [1.807, 2.05) is 0 Å². The van der Waals surface area contributed by atoms with Crippen LogP contribution in [0.2, 0.25) is 15.1 Å². The number of nitrogens with zero attached hydrogens (tertiary/aromatic N) is 1. The lowest BCUT2D eigenvalue weighted by Crippen LogP contribution is -2.29. The first-order valence-electron chi connectivity index (χ1n) is 10.2. The highest BCUT2D eigenvalue weighted by Crippen LogP contribution is 2.44. The highest BCUT2D eigenvalue weighted by atomic mass is 35.5. The highest BCUT2D eigenvalue weighted by molar-refractivity contribution is 6.52. The van der Waals surface area contributed by atoms with Gasteiger partial charge in [0.2, 0.25) is 0 Å². The van der Waals surface area contributed by atoms with Crippen molar-refractivity contribution < 1.29 is 24.5 Å². The molecule has 1 amide bonds. The van der Waals surface area contributed by atoms with Crippen molar-refractivity contribution in [2.45, 2.75) is 13.0 Å². The molecule has 1 atom stereocenters. The van der Waals surface area contributed by atoms with Gasteiger partial charge in [0.05, 0.1) is 23.2 Å². The molecule has 1 saturated heterocycles. The van der Waals surface area contributed by atoms with Gasteiger partial charge in [-0.25, -0.2) is 0 Å². The van der Waals surface area contributed by atoms with Crippen LogP contribution in [-0.4, -0.2) is 28.5 Å². The van der Waals surface area contributed by atoms with Gasteiger partial charge in [-0.1, -0.05) is 46.9 Å². The number of aromatic hydroxyl groups is 1. The van der Waals surface area contributed by atoms with Crippen molar-refractivity contribution in [2.75, 3.05) is 11.5 Å². The number of carbonyl (C=O) groups is 2. The number of amides is 1. The second-order valence-electron chi connectivity index (χ2n) is 7.46. The molecule has 9 heteroatoms. The van der Waals surface area contributed by atoms with Gasteiger partial charge in [0.25, 0.3) is 11.7 Å². The smallest absolute Gasteiger partial charge is 0.300 e. The van der Waals surface area contributed by atoms with Gasteiger partial charge in [-0.05, 0) is 61.0 Å². The standard InChI is InChI=1S/C25H18Cl3NO5/c1-2-34-18-7-8-20(28)19(12-18)23(31)21-22(13-3-5-17(30)6-4-13)29(25(33)24(21)32)16-10-14(26)9-15(27)11-16/h3-12,22,30-31H,2H2,1H3/b23-21+. The number of aliphatic hydroxyl groups is 1. The number of ketones is 1. The summed E-state index contributed by atoms with van der Waals surface area (Å²) in [6.07, 6.45) is 0. The first-order valence-corrected chi connectivity index (χ1v) is 11.3. The van der Waals surface area contributed by atoms with Gasteiger partial charge in [0.15, 0.2) is 0 Å². The topological polar surface area (TPSA) is 87.1 Å². The normalized spacial score (nSPS) is 17.3. The molecule has 0 radical (unpaired) electrons. The van der Waals surface area contributed by atoms with Gasteiger partial charge in [-0.2, -0.15) is 0 Å². The van der Waals surface area contributed by atoms with Crippen LogP contribution in [0, 0.1) is 0 Å². The van der Waals surface area contributed by atoms with Crippen molar-refractivity contribution in [3.63, 3.8) is 0 Å². The maximum absolute atomic E-state index is 13.2. The Morgan fingerprint density at radius 2 is 1.62 bits per heavy atom. The summed E-state index contributed by atoms with van der Waals surface area (Å²) in [5, 5.41) is 21.7. The Morgan fingerprint density at radius 3 is 2.24 bits per heavy atom. The SMILES string of the molecule is CCOc1ccc(Cl)c(/C(O)=C2\C(=O)C(=O)N(c3cc(Cl)cc(Cl)c3)C2c2ccc(O)cc2)c1. The fraction of sp³-hybridized carbons (Fsp3) is 0.120. The van der Waals surface area contributed by atoms with Crippen LogP contribution in [0.4, 0.5) is 5.69 Å². The number of rotatable bonds is 5. The summed E-state index contributed by atoms with van der Waals surface area (Å²) in [6.45, 7) is 2.19. The van der Waals surface area contributed by atoms with E-state index in [0.29, 0.717) is 17.9 Å². The Labute approximate surface area is 210 Å². The van der Waals surface area contributed by atoms with Crippen molar-refractivity contribution >= 4 is 57.9 Å². The van der Waals surface area contributed by atoms with Crippen molar-refractivity contribution in [3.8, 4) is 11.5 Å². The summed E-state index contributed by atoms with van der Waals surface area (Å²) in [5.41, 5.74) is 0.693. The number of aliphatic hydroxyl groups excluding tert-OH is 1. The second kappa shape index (κ2) is 9.58. The van der Waals surface area contributed by atoms with Crippen LogP contribution in [0.3, 0.4) is 0 Å². The quantitative estimate of drug-likeness (QED) is 0.233. The van der Waals surface area contributed by atoms with Crippen LogP contribution in [0.1, 0.15) is 24.1 Å². The van der Waals surface area contributed by atoms with Gasteiger partial charge in [-0.15, -0.1) is 0 Å². The maximum Gasteiger partial charge on any atom is 0.300 e. The second-order valence-corrected chi connectivity index (χ2v) is 8.74. The molecule has 1 aliphatic rings. The number of ether oxygens (including phenoxy) is 1. The Balaban J connectivity index is 1.97. The lowest BCUT2D eigenvalue weighted by molar-refractivity contribution is -0.132. The molecular formula is C25H18Cl3NO5. The number of carbonyl (C=O) groups excluding carboxylic acids is 2. The van der Waals surface area contributed by atoms with E-state index in [4.69, 9.17) is 39.5 Å². The molecule has 0 aliphatic carbocycles. The first-order chi connectivity index (χ1) is 16.2. The molecule has 4 rings (SSSR count). The predicted octanol–water partition coefficient (Wildman–Crippen LogP) is 6.38. The molecule has 1 heterocycles. The van der Waals surface area contributed by atoms with E-state index in [1.54, 1.807) is 25.1 Å². The molecule has 1 unspecified atom stereocenters. The molecule has 0 bridgehead atoms. The van der Waals surface area contributed by atoms with Crippen molar-refractivity contribution in [2.24, 2.45) is 0 Å². The van der Waals surface area contributed by atoms with Gasteiger partial charge >= 0.3 is 0 Å². The number of halogens is 3. The highest BCUT2D eigenvalue weighted by Gasteiger charge is 2.47. The number of anilines is 1. The zero-order valence-electron chi connectivity index (χ0n) is 17.8. The largest absolute Gasteiger partial charge is 0.508 e. The average Bonchev–Trinajstić information content (AvgIpc) is 3.05. The van der Waals surface area contributed by atoms with E-state index in [9.17, 15) is 19.8 Å². The van der Waals surface area contributed by atoms with Crippen LogP contribution in [0.15, 0.2) is 66.2 Å². The summed E-state index contributed by atoms with van der Waals surface area (Å²) >= 11 is 18.6. The summed E-state index contributed by atoms with van der Waals surface area (Å²) < 4.78 is 5.49. The zero-order valence-corrected chi connectivity index (χ0v) is 20.0. The molecule has 3 aromatic rings. The zero-order chi connectivity index (χ0) is 24.6. The minimum absolute atomic E-state index is 0.000962. The number of benzene rings is 3. The molecule has 1 fully saturated rings. The minimum Gasteiger partial charge on any atom is -0.508 e. The molecule has 0 spiro atoms. The maximum atomic E-state index is 13.2. The Morgan fingerprint density at radius 1 is 0.971 bits per heavy atom. The minimum atomic E-state index is -1.04. The number of hydrogen-bond acceptors (Lipinski definition) is 5. The Bertz CT molecular complexity index is 1300. The number of phenols is 1. The van der Waals surface area contributed by atoms with Crippen LogP contribution in [0.5, 0.6) is 11.5 Å². The summed E-state index contributed by atoms with van der Waals surface area (Å²) in [7, 11) is 0. The van der Waals surface area contributed by atoms with Crippen LogP contribution in [0.25, 0.3) is 5.76 Å². The van der Waals surface area contributed by atoms with E-state index in [-0.39, 0.29) is 37.6 Å². The van der Waals surface area contributed by atoms with E-state index < -0.39 is 23.5 Å². The third-order valence-electron chi connectivity index (χ3n) is 5.28. The van der Waals surface area contributed by atoms with Gasteiger partial charge in [0, 0.05) is 21.3 Å². The summed E-state index contributed by atoms with van der Waals surface area (Å²) in [6, 6.07) is 14.1. The number of Topliss-reactive ketones (excluding diaryl/α,β-unsaturated/α-hetero) is 1. The third-order valence-corrected chi connectivity index (χ3v) is 6.05. The molecule has 6 nitrogen and oxygen atoms in total. The number of hydrogen-bond donors (Lipinski definition) is 2. The molecule has 1 aliphatic heterocycles. The van der Waals surface area contributed by atoms with Crippen LogP contribution < -0.4 is 9.64 Å². The van der Waals surface area contributed by atoms with Gasteiger partial charge in [0.1, 0.15) is 17.3 Å². The van der Waals surface area contributed by atoms with Crippen LogP contribution in [-0.2, 0) is 9.59 Å². The van der Waals surface area contributed by atoms with E-state index in [1.165, 1.54) is 47.4 Å². The number of phenolic OH excluding ortho intramolecular Hbond substituents is 1. The van der Waals surface area contributed by atoms with Gasteiger partial charge < -0.3 is 14.9 Å². The summed E-state index contributed by atoms with van der Waals surface area (Å²) in [4.78, 5) is 27.7. The first kappa shape index (κ1) is 24.0. The van der Waals surface area contributed by atoms with Gasteiger partial charge in [-0.3, -0.25) is 14.5 Å². The molecular weight excluding hydrogens is 501 g/mol. The predicted molar refractivity (Wildman–Crippen MR) is 132 cm³/mol. The van der Waals surface area contributed by atoms with E-state index in [2.05, 4.69) is 0 Å². The van der Waals surface area contributed by atoms with Crippen molar-refractivity contribution in [1.82, 2.24) is 0 Å². The molecule has 174 valence electrons. The summed E-state index contributed by atoms with van der Waals surface area (Å²) in [5.74, 6) is -1.82. The monoisotopic (exact) mass is 517 g/mol. The lowest BCUT2D eigenvalue weighted by Gasteiger charge is -2.26. The molecule has 3 aromatic carbocycles. The molecule has 0 saturated carbocycles. The van der Waals surface area contributed by atoms with Crippen LogP contribution >= 0.6 is 34.8 Å². The molecule has 0 aromatic heterocycles.